The molecule has 1 atom stereocenters. The number of carbonyl (C=O) groups is 3. The van der Waals surface area contributed by atoms with E-state index in [9.17, 15) is 27.4 Å². The van der Waals surface area contributed by atoms with Crippen LogP contribution < -0.4 is 29.6 Å². The third-order valence-electron chi connectivity index (χ3n) is 5.60. The fourth-order valence-electron chi connectivity index (χ4n) is 4.18. The summed E-state index contributed by atoms with van der Waals surface area (Å²) >= 11 is 0. The number of nitrogens with zero attached hydrogens (tertiary/aromatic N) is 3. The Bertz CT molecular complexity index is 1290. The van der Waals surface area contributed by atoms with E-state index in [4.69, 9.17) is 0 Å². The SMILES string of the molecule is Cc1cc(C)n2c1C=C1C=CC(CCC(=O)ON3C(=O)CC(S(=O)(=O)[O-])C3=O)=[N+]1[B-]2(F)F.[Na+]. The van der Waals surface area contributed by atoms with Crippen LogP contribution in [0.15, 0.2) is 23.9 Å². The molecule has 0 aliphatic carbocycles. The Labute approximate surface area is 209 Å². The predicted octanol–water partition coefficient (Wildman–Crippen LogP) is -2.38. The fraction of sp³-hybridized carbons (Fsp3) is 0.333. The summed E-state index contributed by atoms with van der Waals surface area (Å²) in [6.07, 6.45) is 2.97. The van der Waals surface area contributed by atoms with Gasteiger partial charge in [-0.15, -0.1) is 5.06 Å². The number of hydrogen-bond donors (Lipinski definition) is 0. The first kappa shape index (κ1) is 25.5. The number of imide groups is 1. The Morgan fingerprint density at radius 1 is 1.30 bits per heavy atom. The Morgan fingerprint density at radius 3 is 2.58 bits per heavy atom. The molecule has 4 heterocycles. The van der Waals surface area contributed by atoms with E-state index in [-0.39, 0.29) is 52.5 Å². The number of hydroxylamine groups is 2. The van der Waals surface area contributed by atoms with Crippen LogP contribution in [-0.2, 0) is 29.3 Å². The van der Waals surface area contributed by atoms with Crippen molar-refractivity contribution in [3.63, 3.8) is 0 Å². The fourth-order valence-corrected chi connectivity index (χ4v) is 4.87. The molecular weight excluding hydrogens is 474 g/mol. The van der Waals surface area contributed by atoms with E-state index in [2.05, 4.69) is 4.84 Å². The van der Waals surface area contributed by atoms with Crippen LogP contribution in [0.3, 0.4) is 0 Å². The summed E-state index contributed by atoms with van der Waals surface area (Å²) in [6.45, 7) is -0.907. The van der Waals surface area contributed by atoms with Crippen LogP contribution in [0.25, 0.3) is 6.08 Å². The molecule has 1 saturated heterocycles. The Hall–Kier alpha value is -2.13. The van der Waals surface area contributed by atoms with Crippen molar-refractivity contribution in [2.45, 2.75) is 38.4 Å². The zero-order valence-corrected chi connectivity index (χ0v) is 20.8. The summed E-state index contributed by atoms with van der Waals surface area (Å²) in [5, 5.41) is -2.21. The third kappa shape index (κ3) is 4.25. The normalized spacial score (nSPS) is 21.1. The van der Waals surface area contributed by atoms with E-state index in [1.54, 1.807) is 26.0 Å². The van der Waals surface area contributed by atoms with Gasteiger partial charge in [-0.05, 0) is 31.2 Å². The molecule has 3 aliphatic heterocycles. The molecule has 0 bridgehead atoms. The number of fused-ring (bicyclic) bond motifs is 2. The molecule has 0 radical (unpaired) electrons. The van der Waals surface area contributed by atoms with Crippen LogP contribution >= 0.6 is 0 Å². The average Bonchev–Trinajstić information content (AvgIpc) is 3.30. The molecule has 1 aromatic heterocycles. The minimum absolute atomic E-state index is 0. The predicted molar refractivity (Wildman–Crippen MR) is 105 cm³/mol. The van der Waals surface area contributed by atoms with E-state index >= 15 is 8.63 Å². The van der Waals surface area contributed by atoms with Crippen LogP contribution in [0.2, 0.25) is 0 Å². The van der Waals surface area contributed by atoms with E-state index in [0.717, 1.165) is 8.96 Å². The smallest absolute Gasteiger partial charge is 0.747 e. The van der Waals surface area contributed by atoms with E-state index in [0.29, 0.717) is 17.0 Å². The van der Waals surface area contributed by atoms with Crippen LogP contribution in [-0.4, -0.2) is 62.7 Å². The van der Waals surface area contributed by atoms with Gasteiger partial charge in [0.15, 0.2) is 5.70 Å². The maximum Gasteiger partial charge on any atom is 1.00 e. The van der Waals surface area contributed by atoms with Gasteiger partial charge in [0.25, 0.3) is 11.8 Å². The van der Waals surface area contributed by atoms with Crippen molar-refractivity contribution in [3.05, 3.63) is 40.9 Å². The van der Waals surface area contributed by atoms with Gasteiger partial charge in [-0.3, -0.25) is 9.59 Å². The van der Waals surface area contributed by atoms with E-state index < -0.39 is 53.0 Å². The van der Waals surface area contributed by atoms with Crippen molar-refractivity contribution in [1.82, 2.24) is 9.54 Å². The van der Waals surface area contributed by atoms with Crippen LogP contribution in [0.5, 0.6) is 0 Å². The second kappa shape index (κ2) is 8.58. The number of aryl methyl sites for hydroxylation is 2. The van der Waals surface area contributed by atoms with Gasteiger partial charge in [-0.1, -0.05) is 0 Å². The number of carbonyl (C=O) groups excluding carboxylic acids is 3. The molecule has 1 fully saturated rings. The number of aromatic nitrogens is 1. The van der Waals surface area contributed by atoms with Crippen LogP contribution in [0.4, 0.5) is 8.63 Å². The minimum Gasteiger partial charge on any atom is -0.747 e. The van der Waals surface area contributed by atoms with Crippen molar-refractivity contribution in [2.24, 2.45) is 0 Å². The molecule has 3 aliphatic rings. The molecule has 1 aromatic rings. The second-order valence-electron chi connectivity index (χ2n) is 7.75. The molecule has 0 saturated carbocycles. The number of hydrogen-bond acceptors (Lipinski definition) is 7. The van der Waals surface area contributed by atoms with E-state index in [1.807, 2.05) is 0 Å². The van der Waals surface area contributed by atoms with Gasteiger partial charge < -0.3 is 27.0 Å². The molecule has 0 N–H and O–H groups in total. The molecule has 170 valence electrons. The monoisotopic (exact) mass is 491 g/mol. The first-order chi connectivity index (χ1) is 14.8. The van der Waals surface area contributed by atoms with Crippen LogP contribution in [0, 0.1) is 13.8 Å². The molecule has 2 amide bonds. The summed E-state index contributed by atoms with van der Waals surface area (Å²) < 4.78 is 65.6. The zero-order valence-electron chi connectivity index (χ0n) is 17.9. The maximum atomic E-state index is 15.3. The topological polar surface area (TPSA) is 129 Å². The molecule has 4 rings (SSSR count). The van der Waals surface area contributed by atoms with Gasteiger partial charge in [0, 0.05) is 30.3 Å². The number of rotatable bonds is 5. The van der Waals surface area contributed by atoms with Gasteiger partial charge in [0.2, 0.25) is 0 Å². The summed E-state index contributed by atoms with van der Waals surface area (Å²) in [5.41, 5.74) is 1.89. The van der Waals surface area contributed by atoms with Crippen LogP contribution in [0.1, 0.15) is 36.2 Å². The standard InChI is InChI=1S/C18H18BF2N3O7S.Na/c1-10-7-11(2)22-14(10)8-13-4-3-12(23(13)19(22,20)21)5-6-17(26)31-24-16(25)9-15(18(24)27)32(28,29)30;/h3-4,7-8,15H,5-6,9H2,1-2H3,(H,28,29,30);/q;+1/p-1. The Kier molecular flexibility index (Phi) is 6.63. The first-order valence-electron chi connectivity index (χ1n) is 9.60. The average molecular weight is 491 g/mol. The van der Waals surface area contributed by atoms with E-state index in [1.165, 1.54) is 12.2 Å². The largest absolute Gasteiger partial charge is 1.00 e. The number of allylic oxidation sites excluding steroid dienone is 2. The van der Waals surface area contributed by atoms with Gasteiger partial charge in [0.1, 0.15) is 21.1 Å². The molecule has 33 heavy (non-hydrogen) atoms. The van der Waals surface area contributed by atoms with Crippen molar-refractivity contribution < 1.29 is 74.9 Å². The summed E-state index contributed by atoms with van der Waals surface area (Å²) in [5.74, 6) is -3.72. The van der Waals surface area contributed by atoms with Crippen molar-refractivity contribution in [3.8, 4) is 0 Å². The second-order valence-corrected chi connectivity index (χ2v) is 9.31. The molecule has 0 aromatic carbocycles. The van der Waals surface area contributed by atoms with Gasteiger partial charge in [-0.25, -0.2) is 13.2 Å². The van der Waals surface area contributed by atoms with Crippen molar-refractivity contribution in [2.75, 3.05) is 0 Å². The molecule has 1 unspecified atom stereocenters. The molecule has 0 spiro atoms. The third-order valence-corrected chi connectivity index (χ3v) is 6.66. The quantitative estimate of drug-likeness (QED) is 0.256. The maximum absolute atomic E-state index is 15.3. The number of amides is 2. The van der Waals surface area contributed by atoms with Crippen molar-refractivity contribution in [1.29, 1.82) is 0 Å². The Morgan fingerprint density at radius 2 is 1.97 bits per heavy atom. The Balaban J connectivity index is 0.00000306. The van der Waals surface area contributed by atoms with Crippen molar-refractivity contribution >= 4 is 46.7 Å². The van der Waals surface area contributed by atoms with Gasteiger partial charge in [0.05, 0.1) is 12.8 Å². The first-order valence-corrected chi connectivity index (χ1v) is 11.1. The summed E-state index contributed by atoms with van der Waals surface area (Å²) in [4.78, 5) is 40.4. The molecule has 15 heteroatoms. The summed E-state index contributed by atoms with van der Waals surface area (Å²) in [6, 6.07) is 1.66. The molecular formula is C18H17BF2N3NaO7S. The summed E-state index contributed by atoms with van der Waals surface area (Å²) in [7, 11) is -5.09. The molecule has 10 nitrogen and oxygen atoms in total. The minimum atomic E-state index is -5.09. The number of halogens is 2. The zero-order chi connectivity index (χ0) is 23.6. The van der Waals surface area contributed by atoms with Gasteiger partial charge in [-0.2, -0.15) is 0 Å². The van der Waals surface area contributed by atoms with Gasteiger partial charge >= 0.3 is 42.5 Å².